The summed E-state index contributed by atoms with van der Waals surface area (Å²) >= 11 is 9.21. The minimum absolute atomic E-state index is 0.117. The SMILES string of the molecule is Brc1ccccc1.Clc1ccc(-c2ccc3ccccc3c2)cc1.O=[N+]([O-])c1ccccc1-c1cccc2c1-c1ccccc1C2.O=[N+]([O-])c1ccccc1-c1cccc2c1c1ccccc1n2-c1ccccc1.c1ccc(-n2c3ccccc3c3c4c(ccc32)[nH]c2ccccc24)cc1.c1ccc(-n2c3ccccc3c3c4c5ccccc5n(-c5ccc(-c6ccc7ccccc7c6)cc5)c4ccc32)cc1. The van der Waals surface area contributed by atoms with E-state index >= 15 is 0 Å². The molecule has 11 nitrogen and oxygen atoms in total. The third kappa shape index (κ3) is 16.6. The first-order valence-electron chi connectivity index (χ1n) is 47.3. The summed E-state index contributed by atoms with van der Waals surface area (Å²) in [5, 5.41) is 41.3. The average molecular weight is 1910 g/mol. The number of benzene rings is 22. The van der Waals surface area contributed by atoms with Crippen LogP contribution in [0.3, 0.4) is 0 Å². The number of aromatic amines is 1. The summed E-state index contributed by atoms with van der Waals surface area (Å²) in [4.78, 5) is 25.9. The van der Waals surface area contributed by atoms with E-state index in [1.165, 1.54) is 159 Å². The Kier molecular flexibility index (Phi) is 23.8. The fraction of sp³-hybridized carbons (Fsp3) is 0.00775. The van der Waals surface area contributed by atoms with Crippen LogP contribution < -0.4 is 0 Å². The van der Waals surface area contributed by atoms with Crippen molar-refractivity contribution >= 4 is 169 Å². The lowest BCUT2D eigenvalue weighted by Gasteiger charge is -2.10. The van der Waals surface area contributed by atoms with Gasteiger partial charge in [-0.25, -0.2) is 0 Å². The molecule has 28 rings (SSSR count). The molecule has 5 heterocycles. The molecule has 0 aliphatic heterocycles. The zero-order chi connectivity index (χ0) is 95.7. The van der Waals surface area contributed by atoms with Gasteiger partial charge >= 0.3 is 0 Å². The lowest BCUT2D eigenvalue weighted by Crippen LogP contribution is -1.94. The second-order valence-corrected chi connectivity index (χ2v) is 36.6. The van der Waals surface area contributed by atoms with Crippen LogP contribution in [0.4, 0.5) is 11.4 Å². The molecule has 0 saturated heterocycles. The van der Waals surface area contributed by atoms with Crippen molar-refractivity contribution in [3.63, 3.8) is 0 Å². The van der Waals surface area contributed by atoms with Gasteiger partial charge in [0.15, 0.2) is 0 Å². The van der Waals surface area contributed by atoms with Crippen LogP contribution in [0, 0.1) is 20.2 Å². The van der Waals surface area contributed by atoms with E-state index in [-0.39, 0.29) is 21.2 Å². The summed E-state index contributed by atoms with van der Waals surface area (Å²) in [7, 11) is 0. The Morgan fingerprint density at radius 2 is 0.570 bits per heavy atom. The summed E-state index contributed by atoms with van der Waals surface area (Å²) in [5.74, 6) is 0. The van der Waals surface area contributed by atoms with Crippen molar-refractivity contribution in [3.05, 3.63) is 550 Å². The van der Waals surface area contributed by atoms with E-state index in [1.54, 1.807) is 24.3 Å². The molecule has 27 aromatic rings. The zero-order valence-corrected chi connectivity index (χ0v) is 79.1. The highest BCUT2D eigenvalue weighted by Gasteiger charge is 2.28. The fourth-order valence-electron chi connectivity index (χ4n) is 20.7. The number of nitrogens with zero attached hydrogens (tertiary/aromatic N) is 6. The first-order valence-corrected chi connectivity index (χ1v) is 48.5. The van der Waals surface area contributed by atoms with Gasteiger partial charge in [0.25, 0.3) is 11.4 Å². The van der Waals surface area contributed by atoms with Crippen LogP contribution in [0.15, 0.2) is 514 Å². The Morgan fingerprint density at radius 1 is 0.239 bits per heavy atom. The first-order chi connectivity index (χ1) is 70.0. The summed E-state index contributed by atoms with van der Waals surface area (Å²) in [6.45, 7) is 0. The Bertz CT molecular complexity index is 9480. The molecule has 13 heteroatoms. The largest absolute Gasteiger partial charge is 0.354 e. The van der Waals surface area contributed by atoms with Crippen molar-refractivity contribution < 1.29 is 9.85 Å². The lowest BCUT2D eigenvalue weighted by molar-refractivity contribution is -0.384. The zero-order valence-electron chi connectivity index (χ0n) is 76.8. The fourth-order valence-corrected chi connectivity index (χ4v) is 21.2. The number of hydrogen-bond acceptors (Lipinski definition) is 4. The van der Waals surface area contributed by atoms with Crippen molar-refractivity contribution in [1.29, 1.82) is 0 Å². The van der Waals surface area contributed by atoms with Gasteiger partial charge in [-0.05, 0) is 241 Å². The van der Waals surface area contributed by atoms with Gasteiger partial charge in [-0.1, -0.05) is 367 Å². The van der Waals surface area contributed by atoms with Crippen LogP contribution in [0.1, 0.15) is 11.1 Å². The Morgan fingerprint density at radius 3 is 1.05 bits per heavy atom. The third-order valence-electron chi connectivity index (χ3n) is 27.0. The number of nitro groups is 2. The maximum atomic E-state index is 11.6. The standard InChI is InChI=1S/C40H26N2.C24H16N2O2.C24H16N2.C19H13NO2.C16H11Cl.C6H5Br/c1-2-12-31(13-3-1)41-35-16-8-6-14-33(35)39-37(41)24-25-38-40(39)34-15-7-9-17-36(34)42(38)32-22-20-28(21-23-32)30-19-18-27-10-4-5-11-29(27)26-30;27-26(28)22-15-7-4-11-18(22)19-13-8-16-23-24(19)20-12-5-6-14-21(20)25(23)17-9-2-1-3-10-17;1-2-8-16(9-3-1)26-21-13-7-5-11-18(21)24-22(26)15-14-20-23(24)17-10-4-6-12-19(17)25-20;21-20(22)18-11-4-3-9-16(18)17-10-5-7-14-12-13-6-1-2-8-15(13)19(14)17;17-16-9-7-13(8-10-16)15-6-5-12-3-1-2-4-14(12)11-15;7-6-4-2-1-3-5-6/h1-26H;1-16H;1-15,25H;1-11H,12H2;1-11H;1-5H. The van der Waals surface area contributed by atoms with Gasteiger partial charge < -0.3 is 23.3 Å². The summed E-state index contributed by atoms with van der Waals surface area (Å²) in [6.07, 6.45) is 0.889. The van der Waals surface area contributed by atoms with Gasteiger partial charge in [0.1, 0.15) is 0 Å². The number of para-hydroxylation sites is 10. The van der Waals surface area contributed by atoms with Crippen LogP contribution in [0.5, 0.6) is 0 Å². The molecule has 0 unspecified atom stereocenters. The molecule has 0 amide bonds. The van der Waals surface area contributed by atoms with Crippen LogP contribution in [0.2, 0.25) is 5.02 Å². The van der Waals surface area contributed by atoms with Crippen LogP contribution in [0.25, 0.3) is 209 Å². The van der Waals surface area contributed by atoms with E-state index < -0.39 is 0 Å². The summed E-state index contributed by atoms with van der Waals surface area (Å²) in [5.41, 5.74) is 29.6. The van der Waals surface area contributed by atoms with Gasteiger partial charge in [0.2, 0.25) is 0 Å². The highest BCUT2D eigenvalue weighted by molar-refractivity contribution is 9.10. The molecule has 0 atom stereocenters. The number of halogens is 2. The van der Waals surface area contributed by atoms with Crippen LogP contribution in [-0.4, -0.2) is 33.1 Å². The maximum Gasteiger partial charge on any atom is 0.277 e. The predicted octanol–water partition coefficient (Wildman–Crippen LogP) is 35.9. The maximum absolute atomic E-state index is 11.6. The van der Waals surface area contributed by atoms with E-state index in [9.17, 15) is 20.2 Å². The average Bonchev–Trinajstić information content (AvgIpc) is 1.55. The van der Waals surface area contributed by atoms with Crippen molar-refractivity contribution in [3.8, 4) is 78.4 Å². The van der Waals surface area contributed by atoms with Gasteiger partial charge in [-0.15, -0.1) is 0 Å². The molecule has 0 radical (unpaired) electrons. The minimum Gasteiger partial charge on any atom is -0.354 e. The number of rotatable bonds is 10. The number of hydrogen-bond donors (Lipinski definition) is 1. The summed E-state index contributed by atoms with van der Waals surface area (Å²) < 4.78 is 10.5. The lowest BCUT2D eigenvalue weighted by atomic mass is 9.93. The van der Waals surface area contributed by atoms with Crippen molar-refractivity contribution in [2.45, 2.75) is 6.42 Å². The molecule has 0 fully saturated rings. The number of nitrogens with one attached hydrogen (secondary N) is 1. The molecule has 142 heavy (non-hydrogen) atoms. The number of H-pyrrole nitrogens is 1. The van der Waals surface area contributed by atoms with Crippen molar-refractivity contribution in [1.82, 2.24) is 23.3 Å². The van der Waals surface area contributed by atoms with Crippen molar-refractivity contribution in [2.24, 2.45) is 0 Å². The van der Waals surface area contributed by atoms with E-state index in [2.05, 4.69) is 379 Å². The second kappa shape index (κ2) is 38.5. The Labute approximate surface area is 831 Å². The van der Waals surface area contributed by atoms with Gasteiger partial charge in [-0.2, -0.15) is 0 Å². The highest BCUT2D eigenvalue weighted by atomic mass is 79.9. The van der Waals surface area contributed by atoms with Crippen LogP contribution in [-0.2, 0) is 6.42 Å². The van der Waals surface area contributed by atoms with Gasteiger partial charge in [-0.3, -0.25) is 20.2 Å². The molecule has 0 saturated carbocycles. The molecular formula is C129H87BrClN7O4. The molecule has 1 aliphatic carbocycles. The number of aromatic nitrogens is 5. The Balaban J connectivity index is 0.0000000998. The molecular weight excluding hydrogens is 1830 g/mol. The quantitative estimate of drug-likeness (QED) is 0.108. The monoisotopic (exact) mass is 1910 g/mol. The smallest absolute Gasteiger partial charge is 0.277 e. The molecule has 0 bridgehead atoms. The highest BCUT2D eigenvalue weighted by Crippen LogP contribution is 2.49. The molecule has 1 aliphatic rings. The first kappa shape index (κ1) is 87.9. The predicted molar refractivity (Wildman–Crippen MR) is 596 cm³/mol. The third-order valence-corrected chi connectivity index (χ3v) is 27.8. The van der Waals surface area contributed by atoms with E-state index in [4.69, 9.17) is 11.6 Å². The molecule has 1 N–H and O–H groups in total. The summed E-state index contributed by atoms with van der Waals surface area (Å²) in [6, 6.07) is 175. The molecule has 22 aromatic carbocycles. The molecule has 5 aromatic heterocycles. The molecule has 0 spiro atoms. The van der Waals surface area contributed by atoms with E-state index in [1.807, 2.05) is 146 Å². The number of nitro benzene ring substituents is 2. The van der Waals surface area contributed by atoms with Gasteiger partial charge in [0.05, 0.1) is 65.1 Å². The van der Waals surface area contributed by atoms with E-state index in [0.29, 0.717) is 11.1 Å². The Hall–Kier alpha value is -18.1. The second-order valence-electron chi connectivity index (χ2n) is 35.2. The van der Waals surface area contributed by atoms with Crippen LogP contribution >= 0.6 is 27.5 Å². The van der Waals surface area contributed by atoms with Crippen molar-refractivity contribution in [2.75, 3.05) is 0 Å². The minimum atomic E-state index is -0.315. The topological polar surface area (TPSA) is 122 Å². The van der Waals surface area contributed by atoms with Gasteiger partial charge in [0, 0.05) is 109 Å². The normalized spacial score (nSPS) is 11.4. The van der Waals surface area contributed by atoms with E-state index in [0.717, 1.165) is 65.8 Å². The number of fused-ring (bicyclic) bond motifs is 22. The molecule has 676 valence electrons.